The number of hydrogen-bond donors (Lipinski definition) is 0. The number of fused-ring (bicyclic) bond motifs is 2. The Labute approximate surface area is 189 Å². The molecule has 2 fully saturated rings. The van der Waals surface area contributed by atoms with Crippen molar-refractivity contribution < 1.29 is 0 Å². The van der Waals surface area contributed by atoms with Crippen molar-refractivity contribution in [2.45, 2.75) is 18.9 Å². The average Bonchev–Trinajstić information content (AvgIpc) is 2.88. The number of para-hydroxylation sites is 2. The first-order chi connectivity index (χ1) is 15.8. The van der Waals surface area contributed by atoms with Gasteiger partial charge in [-0.15, -0.1) is 0 Å². The Morgan fingerprint density at radius 1 is 0.656 bits per heavy atom. The lowest BCUT2D eigenvalue weighted by Gasteiger charge is -2.43. The molecule has 0 aliphatic carbocycles. The van der Waals surface area contributed by atoms with Gasteiger partial charge >= 0.3 is 0 Å². The summed E-state index contributed by atoms with van der Waals surface area (Å²) in [6.45, 7) is 6.56. The van der Waals surface area contributed by atoms with Crippen LogP contribution in [0.15, 0.2) is 72.9 Å². The van der Waals surface area contributed by atoms with Gasteiger partial charge in [-0.2, -0.15) is 0 Å². The molecule has 6 rings (SSSR count). The van der Waals surface area contributed by atoms with Crippen LogP contribution in [0.5, 0.6) is 0 Å². The van der Waals surface area contributed by atoms with Crippen LogP contribution >= 0.6 is 0 Å². The number of nitrogens with zero attached hydrogens (tertiary/aromatic N) is 5. The lowest BCUT2D eigenvalue weighted by atomic mass is 10.0. The van der Waals surface area contributed by atoms with Crippen LogP contribution in [0.1, 0.15) is 12.8 Å². The normalized spacial score (nSPS) is 18.5. The first-order valence-electron chi connectivity index (χ1n) is 11.8. The number of benzene rings is 2. The van der Waals surface area contributed by atoms with Crippen molar-refractivity contribution in [1.29, 1.82) is 0 Å². The second-order valence-electron chi connectivity index (χ2n) is 8.96. The fraction of sp³-hybridized carbons (Fsp3) is 0.333. The standard InChI is InChI=1S/C27H29N5/c1-2-8-24-21(5-1)10-11-26(29-24)32-19-17-30(18-20-32)23-12-15-31(16-13-23)25-9-3-6-22-7-4-14-28-27(22)25/h1-11,14,23H,12-13,15-20H2. The van der Waals surface area contributed by atoms with Crippen LogP contribution in [0.25, 0.3) is 21.8 Å². The molecule has 2 aliphatic rings. The van der Waals surface area contributed by atoms with E-state index in [1.165, 1.54) is 29.3 Å². The molecule has 2 aromatic heterocycles. The topological polar surface area (TPSA) is 35.5 Å². The van der Waals surface area contributed by atoms with E-state index in [1.54, 1.807) is 0 Å². The minimum atomic E-state index is 0.681. The molecule has 162 valence electrons. The van der Waals surface area contributed by atoms with E-state index in [4.69, 9.17) is 4.98 Å². The number of pyridine rings is 2. The Hall–Kier alpha value is -3.18. The Balaban J connectivity index is 1.08. The average molecular weight is 424 g/mol. The summed E-state index contributed by atoms with van der Waals surface area (Å²) in [5.74, 6) is 1.11. The lowest BCUT2D eigenvalue weighted by Crippen LogP contribution is -2.53. The summed E-state index contributed by atoms with van der Waals surface area (Å²) in [7, 11) is 0. The molecule has 0 amide bonds. The maximum atomic E-state index is 4.90. The number of rotatable bonds is 3. The molecule has 5 heteroatoms. The Bertz CT molecular complexity index is 1220. The fourth-order valence-electron chi connectivity index (χ4n) is 5.36. The predicted octanol–water partition coefficient (Wildman–Crippen LogP) is 4.57. The van der Waals surface area contributed by atoms with Crippen LogP contribution in [0.4, 0.5) is 11.5 Å². The highest BCUT2D eigenvalue weighted by Gasteiger charge is 2.28. The maximum Gasteiger partial charge on any atom is 0.129 e. The molecule has 2 saturated heterocycles. The van der Waals surface area contributed by atoms with E-state index < -0.39 is 0 Å². The van der Waals surface area contributed by atoms with Crippen molar-refractivity contribution in [2.24, 2.45) is 0 Å². The lowest BCUT2D eigenvalue weighted by molar-refractivity contribution is 0.159. The van der Waals surface area contributed by atoms with Crippen molar-refractivity contribution in [1.82, 2.24) is 14.9 Å². The van der Waals surface area contributed by atoms with Gasteiger partial charge in [0.15, 0.2) is 0 Å². The summed E-state index contributed by atoms with van der Waals surface area (Å²) >= 11 is 0. The largest absolute Gasteiger partial charge is 0.370 e. The first kappa shape index (κ1) is 19.5. The first-order valence-corrected chi connectivity index (χ1v) is 11.8. The van der Waals surface area contributed by atoms with Gasteiger partial charge in [0.1, 0.15) is 5.82 Å². The summed E-state index contributed by atoms with van der Waals surface area (Å²) in [6, 6.07) is 24.1. The van der Waals surface area contributed by atoms with Gasteiger partial charge in [-0.1, -0.05) is 36.4 Å². The van der Waals surface area contributed by atoms with Crippen molar-refractivity contribution >= 4 is 33.3 Å². The van der Waals surface area contributed by atoms with E-state index in [1.807, 2.05) is 12.3 Å². The molecule has 0 atom stereocenters. The van der Waals surface area contributed by atoms with Crippen LogP contribution in [0.2, 0.25) is 0 Å². The van der Waals surface area contributed by atoms with Crippen LogP contribution in [-0.2, 0) is 0 Å². The monoisotopic (exact) mass is 423 g/mol. The van der Waals surface area contributed by atoms with E-state index in [2.05, 4.69) is 80.3 Å². The minimum absolute atomic E-state index is 0.681. The molecule has 0 N–H and O–H groups in total. The summed E-state index contributed by atoms with van der Waals surface area (Å²) in [5.41, 5.74) is 3.50. The van der Waals surface area contributed by atoms with Crippen molar-refractivity contribution in [3.05, 3.63) is 72.9 Å². The van der Waals surface area contributed by atoms with Gasteiger partial charge in [-0.05, 0) is 43.2 Å². The second kappa shape index (κ2) is 8.40. The zero-order valence-electron chi connectivity index (χ0n) is 18.4. The van der Waals surface area contributed by atoms with E-state index in [-0.39, 0.29) is 0 Å². The van der Waals surface area contributed by atoms with Crippen molar-refractivity contribution in [2.75, 3.05) is 49.1 Å². The van der Waals surface area contributed by atoms with E-state index in [9.17, 15) is 0 Å². The number of piperazine rings is 1. The zero-order chi connectivity index (χ0) is 21.3. The molecule has 4 aromatic rings. The van der Waals surface area contributed by atoms with Gasteiger partial charge in [-0.25, -0.2) is 4.98 Å². The third-order valence-electron chi connectivity index (χ3n) is 7.15. The van der Waals surface area contributed by atoms with E-state index in [0.717, 1.165) is 56.1 Å². The van der Waals surface area contributed by atoms with Crippen LogP contribution < -0.4 is 9.80 Å². The fourth-order valence-corrected chi connectivity index (χ4v) is 5.36. The number of aromatic nitrogens is 2. The van der Waals surface area contributed by atoms with Crippen LogP contribution in [0.3, 0.4) is 0 Å². The van der Waals surface area contributed by atoms with Gasteiger partial charge in [0.25, 0.3) is 0 Å². The Kier molecular flexibility index (Phi) is 5.12. The molecule has 2 aromatic carbocycles. The van der Waals surface area contributed by atoms with Crippen LogP contribution in [0, 0.1) is 0 Å². The molecule has 32 heavy (non-hydrogen) atoms. The third kappa shape index (κ3) is 3.67. The molecular formula is C27H29N5. The van der Waals surface area contributed by atoms with Gasteiger partial charge in [-0.3, -0.25) is 9.88 Å². The predicted molar refractivity (Wildman–Crippen MR) is 133 cm³/mol. The summed E-state index contributed by atoms with van der Waals surface area (Å²) in [6.07, 6.45) is 4.34. The SMILES string of the molecule is c1ccc2nc(N3CCN(C4CCN(c5cccc6cccnc56)CC4)CC3)ccc2c1. The molecule has 0 bridgehead atoms. The van der Waals surface area contributed by atoms with E-state index in [0.29, 0.717) is 6.04 Å². The molecule has 4 heterocycles. The third-order valence-corrected chi connectivity index (χ3v) is 7.15. The molecule has 2 aliphatic heterocycles. The molecule has 0 unspecified atom stereocenters. The quantitative estimate of drug-likeness (QED) is 0.482. The number of anilines is 2. The minimum Gasteiger partial charge on any atom is -0.370 e. The molecule has 0 saturated carbocycles. The summed E-state index contributed by atoms with van der Waals surface area (Å²) in [5, 5.41) is 2.44. The van der Waals surface area contributed by atoms with Gasteiger partial charge in [0.2, 0.25) is 0 Å². The molecular weight excluding hydrogens is 394 g/mol. The van der Waals surface area contributed by atoms with Crippen molar-refractivity contribution in [3.8, 4) is 0 Å². The molecule has 5 nitrogen and oxygen atoms in total. The summed E-state index contributed by atoms with van der Waals surface area (Å²) in [4.78, 5) is 17.2. The number of piperidine rings is 1. The highest BCUT2D eigenvalue weighted by atomic mass is 15.3. The smallest absolute Gasteiger partial charge is 0.129 e. The van der Waals surface area contributed by atoms with Gasteiger partial charge in [0.05, 0.1) is 16.7 Å². The number of hydrogen-bond acceptors (Lipinski definition) is 5. The van der Waals surface area contributed by atoms with Crippen molar-refractivity contribution in [3.63, 3.8) is 0 Å². The highest BCUT2D eigenvalue weighted by molar-refractivity contribution is 5.90. The molecule has 0 radical (unpaired) electrons. The van der Waals surface area contributed by atoms with Crippen LogP contribution in [-0.4, -0.2) is 60.2 Å². The van der Waals surface area contributed by atoms with Gasteiger partial charge < -0.3 is 9.80 Å². The molecule has 0 spiro atoms. The van der Waals surface area contributed by atoms with E-state index >= 15 is 0 Å². The Morgan fingerprint density at radius 2 is 1.44 bits per heavy atom. The Morgan fingerprint density at radius 3 is 2.31 bits per heavy atom. The maximum absolute atomic E-state index is 4.90. The zero-order valence-corrected chi connectivity index (χ0v) is 18.4. The highest BCUT2D eigenvalue weighted by Crippen LogP contribution is 2.29. The summed E-state index contributed by atoms with van der Waals surface area (Å²) < 4.78 is 0. The van der Waals surface area contributed by atoms with Gasteiger partial charge in [0, 0.05) is 62.3 Å². The second-order valence-corrected chi connectivity index (χ2v) is 8.96.